The van der Waals surface area contributed by atoms with E-state index in [0.29, 0.717) is 0 Å². The number of nitrogens with one attached hydrogen (secondary N) is 2. The van der Waals surface area contributed by atoms with Crippen molar-refractivity contribution >= 4 is 34.2 Å². The molecule has 1 aliphatic heterocycles. The molecular formula is C49H33N3. The predicted octanol–water partition coefficient (Wildman–Crippen LogP) is 13.1. The van der Waals surface area contributed by atoms with Crippen molar-refractivity contribution in [2.75, 3.05) is 0 Å². The summed E-state index contributed by atoms with van der Waals surface area (Å²) in [6, 6.07) is 62.8. The van der Waals surface area contributed by atoms with Gasteiger partial charge in [-0.2, -0.15) is 0 Å². The van der Waals surface area contributed by atoms with Crippen molar-refractivity contribution in [3.63, 3.8) is 0 Å². The molecule has 3 heteroatoms. The van der Waals surface area contributed by atoms with E-state index in [1.807, 2.05) is 0 Å². The van der Waals surface area contributed by atoms with Crippen LogP contribution in [0.2, 0.25) is 0 Å². The Hall–Kier alpha value is -6.97. The molecule has 1 aliphatic carbocycles. The van der Waals surface area contributed by atoms with Gasteiger partial charge >= 0.3 is 0 Å². The molecule has 8 bridgehead atoms. The van der Waals surface area contributed by atoms with E-state index in [9.17, 15) is 0 Å². The van der Waals surface area contributed by atoms with Crippen molar-refractivity contribution in [3.05, 3.63) is 187 Å². The van der Waals surface area contributed by atoms with E-state index in [1.54, 1.807) is 0 Å². The molecule has 2 aliphatic rings. The van der Waals surface area contributed by atoms with Gasteiger partial charge in [-0.1, -0.05) is 146 Å². The fourth-order valence-electron chi connectivity index (χ4n) is 7.89. The highest BCUT2D eigenvalue weighted by Crippen LogP contribution is 2.48. The van der Waals surface area contributed by atoms with Crippen molar-refractivity contribution < 1.29 is 0 Å². The molecule has 0 radical (unpaired) electrons. The first-order valence-electron chi connectivity index (χ1n) is 17.7. The fourth-order valence-corrected chi connectivity index (χ4v) is 7.89. The summed E-state index contributed by atoms with van der Waals surface area (Å²) in [5.41, 5.74) is 19.7. The first-order valence-corrected chi connectivity index (χ1v) is 17.7. The Morgan fingerprint density at radius 1 is 0.288 bits per heavy atom. The van der Waals surface area contributed by atoms with E-state index in [4.69, 9.17) is 4.98 Å². The molecule has 52 heavy (non-hydrogen) atoms. The summed E-state index contributed by atoms with van der Waals surface area (Å²) in [4.78, 5) is 13.2. The zero-order valence-electron chi connectivity index (χ0n) is 28.3. The summed E-state index contributed by atoms with van der Waals surface area (Å²) >= 11 is 0. The third-order valence-electron chi connectivity index (χ3n) is 10.2. The molecule has 8 aromatic rings. The van der Waals surface area contributed by atoms with Crippen LogP contribution in [0, 0.1) is 0 Å². The van der Waals surface area contributed by atoms with Gasteiger partial charge in [0.05, 0.1) is 11.4 Å². The third kappa shape index (κ3) is 5.02. The molecule has 2 N–H and O–H groups in total. The number of benzene rings is 5. The normalized spacial score (nSPS) is 11.8. The highest BCUT2D eigenvalue weighted by Gasteiger charge is 2.23. The Morgan fingerprint density at radius 2 is 0.596 bits per heavy atom. The number of aromatic nitrogens is 3. The van der Waals surface area contributed by atoms with E-state index in [2.05, 4.69) is 198 Å². The molecule has 10 rings (SSSR count). The van der Waals surface area contributed by atoms with Gasteiger partial charge in [-0.05, 0) is 87.0 Å². The van der Waals surface area contributed by atoms with E-state index >= 15 is 0 Å². The Labute approximate surface area is 302 Å². The van der Waals surface area contributed by atoms with Crippen LogP contribution >= 0.6 is 0 Å². The zero-order chi connectivity index (χ0) is 34.4. The van der Waals surface area contributed by atoms with Gasteiger partial charge in [0.25, 0.3) is 0 Å². The minimum atomic E-state index is 0.917. The van der Waals surface area contributed by atoms with Crippen LogP contribution in [0.3, 0.4) is 0 Å². The molecule has 244 valence electrons. The lowest BCUT2D eigenvalue weighted by Gasteiger charge is -2.09. The maximum atomic E-state index is 5.41. The zero-order valence-corrected chi connectivity index (χ0v) is 28.3. The van der Waals surface area contributed by atoms with Gasteiger partial charge in [-0.15, -0.1) is 0 Å². The average molecular weight is 664 g/mol. The van der Waals surface area contributed by atoms with Crippen molar-refractivity contribution in [1.82, 2.24) is 15.0 Å². The number of nitrogens with zero attached hydrogens (tertiary/aromatic N) is 1. The van der Waals surface area contributed by atoms with Crippen molar-refractivity contribution in [1.29, 1.82) is 0 Å². The number of fused-ring (bicyclic) bond motifs is 11. The SMILES string of the molecule is C1=Cc2nc1c(-c1ccccc1)c1ccc([nH]1)c(-c1ccccc1)c1cc(c(-c3ccccc3)c3ccc([nH]3)c2-c2ccccc2)-c2ccccc2-1. The molecule has 3 aromatic heterocycles. The van der Waals surface area contributed by atoms with Crippen LogP contribution < -0.4 is 0 Å². The smallest absolute Gasteiger partial charge is 0.0737 e. The van der Waals surface area contributed by atoms with E-state index in [1.165, 1.54) is 22.3 Å². The van der Waals surface area contributed by atoms with Crippen LogP contribution in [0.4, 0.5) is 0 Å². The van der Waals surface area contributed by atoms with Crippen LogP contribution in [0.15, 0.2) is 176 Å². The predicted molar refractivity (Wildman–Crippen MR) is 218 cm³/mol. The van der Waals surface area contributed by atoms with Crippen LogP contribution in [0.1, 0.15) is 11.4 Å². The molecule has 4 heterocycles. The van der Waals surface area contributed by atoms with Crippen LogP contribution in [-0.2, 0) is 0 Å². The number of rotatable bonds is 4. The lowest BCUT2D eigenvalue weighted by atomic mass is 9.95. The summed E-state index contributed by atoms with van der Waals surface area (Å²) in [5.74, 6) is 0. The van der Waals surface area contributed by atoms with Gasteiger partial charge in [0.2, 0.25) is 0 Å². The highest BCUT2D eigenvalue weighted by atomic mass is 14.8. The van der Waals surface area contributed by atoms with Crippen LogP contribution in [-0.4, -0.2) is 15.0 Å². The largest absolute Gasteiger partial charge is 0.354 e. The Bertz CT molecular complexity index is 2620. The monoisotopic (exact) mass is 663 g/mol. The first-order chi connectivity index (χ1) is 25.8. The Balaban J connectivity index is 1.45. The minimum Gasteiger partial charge on any atom is -0.354 e. The Morgan fingerprint density at radius 3 is 0.962 bits per heavy atom. The molecule has 0 fully saturated rings. The molecule has 0 unspecified atom stereocenters. The lowest BCUT2D eigenvalue weighted by Crippen LogP contribution is -1.88. The number of hydrogen-bond acceptors (Lipinski definition) is 1. The summed E-state index contributed by atoms with van der Waals surface area (Å²) in [7, 11) is 0. The van der Waals surface area contributed by atoms with Gasteiger partial charge in [-0.3, -0.25) is 0 Å². The summed E-state index contributed by atoms with van der Waals surface area (Å²) in [6.45, 7) is 0. The highest BCUT2D eigenvalue weighted by molar-refractivity contribution is 6.08. The van der Waals surface area contributed by atoms with Gasteiger partial charge in [-0.25, -0.2) is 4.98 Å². The van der Waals surface area contributed by atoms with Crippen molar-refractivity contribution in [2.24, 2.45) is 0 Å². The first kappa shape index (κ1) is 29.9. The molecule has 0 saturated carbocycles. The molecule has 0 spiro atoms. The third-order valence-corrected chi connectivity index (χ3v) is 10.2. The second-order valence-corrected chi connectivity index (χ2v) is 13.3. The van der Waals surface area contributed by atoms with E-state index < -0.39 is 0 Å². The lowest BCUT2D eigenvalue weighted by molar-refractivity contribution is 1.32. The molecule has 0 saturated heterocycles. The van der Waals surface area contributed by atoms with Crippen molar-refractivity contribution in [3.8, 4) is 66.8 Å². The number of hydrogen-bond donors (Lipinski definition) is 2. The van der Waals surface area contributed by atoms with E-state index in [0.717, 1.165) is 78.0 Å². The molecular weight excluding hydrogens is 631 g/mol. The van der Waals surface area contributed by atoms with Gasteiger partial charge in [0, 0.05) is 44.3 Å². The second kappa shape index (κ2) is 12.4. The van der Waals surface area contributed by atoms with Crippen LogP contribution in [0.5, 0.6) is 0 Å². The average Bonchev–Trinajstić information content (AvgIpc) is 4.04. The maximum Gasteiger partial charge on any atom is 0.0737 e. The topological polar surface area (TPSA) is 44.5 Å². The summed E-state index contributed by atoms with van der Waals surface area (Å²) in [6.07, 6.45) is 4.31. The molecule has 0 amide bonds. The second-order valence-electron chi connectivity index (χ2n) is 13.3. The standard InChI is InChI=1S/C49H33N3/c1-5-15-32(16-6-1)46-38-31-39(37-24-14-13-23-36(37)38)47(33-17-7-2-8-18-33)41-26-28-43(51-41)49(35-21-11-4-12-22-35)45-30-29-44(52-45)48(34-19-9-3-10-20-34)42-27-25-40(46)50-42/h1-31,50-51H. The summed E-state index contributed by atoms with van der Waals surface area (Å²) in [5, 5.41) is 0. The molecule has 0 atom stereocenters. The van der Waals surface area contributed by atoms with Crippen molar-refractivity contribution in [2.45, 2.75) is 0 Å². The van der Waals surface area contributed by atoms with E-state index in [-0.39, 0.29) is 0 Å². The van der Waals surface area contributed by atoms with Gasteiger partial charge in [0.15, 0.2) is 0 Å². The molecule has 5 aromatic carbocycles. The van der Waals surface area contributed by atoms with Gasteiger partial charge < -0.3 is 9.97 Å². The Kier molecular flexibility index (Phi) is 7.14. The fraction of sp³-hybridized carbons (Fsp3) is 0. The number of H-pyrrole nitrogens is 2. The van der Waals surface area contributed by atoms with Gasteiger partial charge in [0.1, 0.15) is 0 Å². The van der Waals surface area contributed by atoms with Crippen LogP contribution in [0.25, 0.3) is 101 Å². The quantitative estimate of drug-likeness (QED) is 0.193. The maximum absolute atomic E-state index is 5.41. The minimum absolute atomic E-state index is 0.917. The number of aromatic amines is 2. The summed E-state index contributed by atoms with van der Waals surface area (Å²) < 4.78 is 0. The molecule has 3 nitrogen and oxygen atoms in total.